The van der Waals surface area contributed by atoms with Crippen LogP contribution in [0.1, 0.15) is 87.2 Å². The molecule has 6 rings (SSSR count). The zero-order valence-electron chi connectivity index (χ0n) is 21.3. The molecule has 2 aliphatic carbocycles. The van der Waals surface area contributed by atoms with E-state index in [1.165, 1.54) is 104 Å². The molecule has 0 amide bonds. The van der Waals surface area contributed by atoms with Crippen LogP contribution >= 0.6 is 0 Å². The van der Waals surface area contributed by atoms with Gasteiger partial charge < -0.3 is 4.57 Å². The van der Waals surface area contributed by atoms with Crippen molar-refractivity contribution in [3.05, 3.63) is 96.1 Å². The van der Waals surface area contributed by atoms with Crippen molar-refractivity contribution in [1.29, 1.82) is 0 Å². The molecule has 0 spiro atoms. The third kappa shape index (κ3) is 5.52. The molecular formula is C33H34FIrN2-. The standard InChI is InChI=1S/C33H34FN2.Ir/c34-29-18-16-27(17-19-29)33-35-20-21-36(33)32-30(25-12-6-2-7-13-25)22-28(24-10-4-1-5-11-24)23-31(32)26-14-8-3-9-15-26;/h1,4-5,10-11,16,18-23,25-26H,2-3,6-9,12-15H2;/q-1;. The monoisotopic (exact) mass is 670 g/mol. The molecule has 4 heteroatoms. The van der Waals surface area contributed by atoms with Crippen molar-refractivity contribution < 1.29 is 24.5 Å². The number of aromatic nitrogens is 2. The maximum Gasteiger partial charge on any atom is 0.0602 e. The van der Waals surface area contributed by atoms with Gasteiger partial charge in [-0.15, -0.1) is 29.8 Å². The molecule has 0 aliphatic heterocycles. The third-order valence-electron chi connectivity index (χ3n) is 8.26. The van der Waals surface area contributed by atoms with Gasteiger partial charge in [0.15, 0.2) is 0 Å². The minimum Gasteiger partial charge on any atom is -0.340 e. The van der Waals surface area contributed by atoms with Crippen molar-refractivity contribution in [3.8, 4) is 28.2 Å². The van der Waals surface area contributed by atoms with Gasteiger partial charge in [0, 0.05) is 44.0 Å². The Kier molecular flexibility index (Phi) is 8.37. The van der Waals surface area contributed by atoms with E-state index in [2.05, 4.69) is 59.3 Å². The molecule has 0 N–H and O–H groups in total. The second-order valence-electron chi connectivity index (χ2n) is 10.6. The van der Waals surface area contributed by atoms with Crippen molar-refractivity contribution in [2.45, 2.75) is 76.0 Å². The minimum atomic E-state index is -0.269. The molecule has 0 unspecified atom stereocenters. The van der Waals surface area contributed by atoms with Gasteiger partial charge in [0.2, 0.25) is 0 Å². The Morgan fingerprint density at radius 3 is 1.95 bits per heavy atom. The first kappa shape index (κ1) is 26.1. The van der Waals surface area contributed by atoms with Crippen LogP contribution in [0, 0.1) is 11.9 Å². The average Bonchev–Trinajstić information content (AvgIpc) is 3.44. The Labute approximate surface area is 233 Å². The van der Waals surface area contributed by atoms with Gasteiger partial charge in [0.25, 0.3) is 0 Å². The fraction of sp³-hybridized carbons (Fsp3) is 0.364. The van der Waals surface area contributed by atoms with Gasteiger partial charge in [-0.25, -0.2) is 0 Å². The first-order valence-corrected chi connectivity index (χ1v) is 13.7. The van der Waals surface area contributed by atoms with Gasteiger partial charge in [-0.2, -0.15) is 0 Å². The maximum absolute atomic E-state index is 13.7. The van der Waals surface area contributed by atoms with Gasteiger partial charge in [-0.3, -0.25) is 9.37 Å². The van der Waals surface area contributed by atoms with E-state index in [-0.39, 0.29) is 25.9 Å². The molecule has 2 aliphatic rings. The Balaban J connectivity index is 0.00000280. The van der Waals surface area contributed by atoms with Crippen LogP contribution in [0.25, 0.3) is 28.2 Å². The quantitative estimate of drug-likeness (QED) is 0.194. The number of rotatable bonds is 5. The summed E-state index contributed by atoms with van der Waals surface area (Å²) in [7, 11) is 0. The molecule has 1 radical (unpaired) electrons. The summed E-state index contributed by atoms with van der Waals surface area (Å²) in [5, 5.41) is 0. The van der Waals surface area contributed by atoms with Crippen molar-refractivity contribution in [2.24, 2.45) is 0 Å². The fourth-order valence-corrected chi connectivity index (χ4v) is 6.43. The molecule has 37 heavy (non-hydrogen) atoms. The number of hydrogen-bond acceptors (Lipinski definition) is 1. The van der Waals surface area contributed by atoms with Crippen LogP contribution in [0.4, 0.5) is 4.39 Å². The first-order valence-electron chi connectivity index (χ1n) is 13.7. The van der Waals surface area contributed by atoms with E-state index in [4.69, 9.17) is 4.98 Å². The van der Waals surface area contributed by atoms with Gasteiger partial charge >= 0.3 is 0 Å². The van der Waals surface area contributed by atoms with E-state index in [1.807, 2.05) is 6.20 Å². The molecule has 2 nitrogen and oxygen atoms in total. The van der Waals surface area contributed by atoms with E-state index >= 15 is 0 Å². The van der Waals surface area contributed by atoms with Crippen molar-refractivity contribution in [1.82, 2.24) is 9.55 Å². The van der Waals surface area contributed by atoms with E-state index < -0.39 is 0 Å². The summed E-state index contributed by atoms with van der Waals surface area (Å²) in [4.78, 5) is 4.75. The molecule has 1 heterocycles. The minimum absolute atomic E-state index is 0. The van der Waals surface area contributed by atoms with E-state index in [0.717, 1.165) is 11.4 Å². The molecule has 0 atom stereocenters. The molecule has 2 fully saturated rings. The van der Waals surface area contributed by atoms with Gasteiger partial charge in [-0.05, 0) is 71.9 Å². The third-order valence-corrected chi connectivity index (χ3v) is 8.26. The van der Waals surface area contributed by atoms with Crippen LogP contribution < -0.4 is 0 Å². The molecule has 3 aromatic carbocycles. The summed E-state index contributed by atoms with van der Waals surface area (Å²) >= 11 is 0. The molecule has 0 bridgehead atoms. The second-order valence-corrected chi connectivity index (χ2v) is 10.6. The number of benzene rings is 3. The van der Waals surface area contributed by atoms with Crippen LogP contribution in [0.3, 0.4) is 0 Å². The Hall–Kier alpha value is -2.55. The van der Waals surface area contributed by atoms with Crippen molar-refractivity contribution >= 4 is 0 Å². The number of hydrogen-bond donors (Lipinski definition) is 0. The molecular weight excluding hydrogens is 636 g/mol. The molecule has 193 valence electrons. The predicted octanol–water partition coefficient (Wildman–Crippen LogP) is 9.24. The number of nitrogens with zero attached hydrogens (tertiary/aromatic N) is 2. The summed E-state index contributed by atoms with van der Waals surface area (Å²) in [5.41, 5.74) is 7.68. The SMILES string of the molecule is Fc1c[c-]c(-c2nccn2-c2c(C3CCCCC3)cc(-c3ccccc3)cc2C2CCCCC2)cc1.[Ir]. The summed E-state index contributed by atoms with van der Waals surface area (Å²) in [6.07, 6.45) is 16.8. The zero-order chi connectivity index (χ0) is 24.3. The normalized spacial score (nSPS) is 16.9. The second kappa shape index (κ2) is 11.9. The van der Waals surface area contributed by atoms with Crippen LogP contribution in [0.2, 0.25) is 0 Å². The summed E-state index contributed by atoms with van der Waals surface area (Å²) < 4.78 is 16.0. The molecule has 2 saturated carbocycles. The van der Waals surface area contributed by atoms with E-state index in [1.54, 1.807) is 6.07 Å². The average molecular weight is 670 g/mol. The summed E-state index contributed by atoms with van der Waals surface area (Å²) in [6, 6.07) is 23.6. The zero-order valence-corrected chi connectivity index (χ0v) is 23.7. The van der Waals surface area contributed by atoms with Crippen LogP contribution in [0.5, 0.6) is 0 Å². The van der Waals surface area contributed by atoms with Gasteiger partial charge in [0.05, 0.1) is 5.82 Å². The van der Waals surface area contributed by atoms with Gasteiger partial charge in [-0.1, -0.05) is 68.9 Å². The van der Waals surface area contributed by atoms with Crippen molar-refractivity contribution in [3.63, 3.8) is 0 Å². The van der Waals surface area contributed by atoms with Crippen LogP contribution in [0.15, 0.2) is 73.1 Å². The molecule has 1 aromatic heterocycles. The van der Waals surface area contributed by atoms with Crippen LogP contribution in [-0.2, 0) is 20.1 Å². The Morgan fingerprint density at radius 1 is 0.757 bits per heavy atom. The molecule has 0 saturated heterocycles. The Bertz CT molecular complexity index is 1260. The molecule has 4 aromatic rings. The maximum atomic E-state index is 13.7. The number of imidazole rings is 1. The topological polar surface area (TPSA) is 17.8 Å². The van der Waals surface area contributed by atoms with E-state index in [0.29, 0.717) is 11.8 Å². The van der Waals surface area contributed by atoms with Gasteiger partial charge in [0.1, 0.15) is 0 Å². The first-order chi connectivity index (χ1) is 17.8. The summed E-state index contributed by atoms with van der Waals surface area (Å²) in [6.45, 7) is 0. The predicted molar refractivity (Wildman–Crippen MR) is 145 cm³/mol. The largest absolute Gasteiger partial charge is 0.340 e. The van der Waals surface area contributed by atoms with Crippen LogP contribution in [-0.4, -0.2) is 9.55 Å². The summed E-state index contributed by atoms with van der Waals surface area (Å²) in [5.74, 6) is 1.67. The van der Waals surface area contributed by atoms with Crippen molar-refractivity contribution in [2.75, 3.05) is 0 Å². The van der Waals surface area contributed by atoms with E-state index in [9.17, 15) is 4.39 Å². The number of halogens is 1. The Morgan fingerprint density at radius 2 is 1.38 bits per heavy atom. The fourth-order valence-electron chi connectivity index (χ4n) is 6.43. The smallest absolute Gasteiger partial charge is 0.0602 e.